The van der Waals surface area contributed by atoms with Crippen LogP contribution in [0.3, 0.4) is 0 Å². The average molecular weight is 486 g/mol. The number of nitriles is 1. The third-order valence-electron chi connectivity index (χ3n) is 5.44. The molecule has 0 atom stereocenters. The lowest BCUT2D eigenvalue weighted by molar-refractivity contribution is -0.115. The molecule has 1 aliphatic rings. The number of carbonyl (C=O) groups is 1. The number of benzene rings is 1. The number of anilines is 1. The molecule has 2 heterocycles. The minimum Gasteiger partial charge on any atom is -0.492 e. The van der Waals surface area contributed by atoms with Crippen LogP contribution in [0.4, 0.5) is 5.69 Å². The zero-order chi connectivity index (χ0) is 24.5. The molecule has 9 nitrogen and oxygen atoms in total. The first-order chi connectivity index (χ1) is 16.5. The van der Waals surface area contributed by atoms with Gasteiger partial charge >= 0.3 is 0 Å². The summed E-state index contributed by atoms with van der Waals surface area (Å²) in [4.78, 5) is 27.5. The molecule has 34 heavy (non-hydrogen) atoms. The van der Waals surface area contributed by atoms with Crippen LogP contribution < -0.4 is 30.1 Å². The van der Waals surface area contributed by atoms with Crippen LogP contribution in [0.5, 0.6) is 5.75 Å². The summed E-state index contributed by atoms with van der Waals surface area (Å²) < 4.78 is 13.6. The first kappa shape index (κ1) is 25.5. The molecule has 1 amide bonds. The van der Waals surface area contributed by atoms with Crippen molar-refractivity contribution in [2.45, 2.75) is 27.3 Å². The second-order valence-corrected chi connectivity index (χ2v) is 8.77. The van der Waals surface area contributed by atoms with Crippen molar-refractivity contribution in [2.24, 2.45) is 0 Å². The molecule has 2 N–H and O–H groups in total. The molecular formula is C24H31N5O4S. The van der Waals surface area contributed by atoms with Crippen LogP contribution in [0.15, 0.2) is 23.0 Å². The van der Waals surface area contributed by atoms with Gasteiger partial charge in [0.25, 0.3) is 11.5 Å². The van der Waals surface area contributed by atoms with Gasteiger partial charge in [-0.1, -0.05) is 6.07 Å². The molecular weight excluding hydrogens is 454 g/mol. The maximum atomic E-state index is 12.9. The fourth-order valence-corrected chi connectivity index (χ4v) is 4.63. The second-order valence-electron chi connectivity index (χ2n) is 7.74. The first-order valence-corrected chi connectivity index (χ1v) is 12.2. The molecule has 1 saturated heterocycles. The van der Waals surface area contributed by atoms with Crippen LogP contribution in [0.25, 0.3) is 11.8 Å². The number of thiazole rings is 1. The maximum absolute atomic E-state index is 12.9. The predicted molar refractivity (Wildman–Crippen MR) is 133 cm³/mol. The van der Waals surface area contributed by atoms with E-state index in [2.05, 4.69) is 15.5 Å². The fraction of sp³-hybridized carbons (Fsp3) is 0.458. The van der Waals surface area contributed by atoms with Crippen LogP contribution in [0.1, 0.15) is 19.4 Å². The van der Waals surface area contributed by atoms with Gasteiger partial charge in [0.2, 0.25) is 0 Å². The fourth-order valence-electron chi connectivity index (χ4n) is 3.54. The van der Waals surface area contributed by atoms with Crippen molar-refractivity contribution in [2.75, 3.05) is 51.3 Å². The van der Waals surface area contributed by atoms with Crippen molar-refractivity contribution in [3.05, 3.63) is 43.3 Å². The summed E-state index contributed by atoms with van der Waals surface area (Å²) >= 11 is 1.12. The molecule has 0 aliphatic carbocycles. The summed E-state index contributed by atoms with van der Waals surface area (Å²) in [5.41, 5.74) is 1.49. The van der Waals surface area contributed by atoms with E-state index < -0.39 is 5.91 Å². The molecule has 182 valence electrons. The smallest absolute Gasteiger partial charge is 0.270 e. The van der Waals surface area contributed by atoms with Crippen LogP contribution in [0.2, 0.25) is 0 Å². The van der Waals surface area contributed by atoms with E-state index in [-0.39, 0.29) is 11.1 Å². The molecule has 0 radical (unpaired) electrons. The van der Waals surface area contributed by atoms with Crippen molar-refractivity contribution >= 4 is 34.7 Å². The van der Waals surface area contributed by atoms with E-state index in [9.17, 15) is 14.9 Å². The summed E-state index contributed by atoms with van der Waals surface area (Å²) in [6.07, 6.45) is 1.61. The standard InChI is InChI=1S/C24H31N5O4S/c1-4-26-22(30)19(15-25)24-29(5-2)23(31)21(34-24)16-27-18-7-6-17(3)20(14-18)33-13-10-28-8-11-32-12-9-28/h6-7,14,16,27H,4-5,8-13H2,1-3H3,(H,26,30). The average Bonchev–Trinajstić information content (AvgIpc) is 3.15. The van der Waals surface area contributed by atoms with E-state index in [4.69, 9.17) is 9.47 Å². The highest BCUT2D eigenvalue weighted by Gasteiger charge is 2.14. The molecule has 0 unspecified atom stereocenters. The second kappa shape index (κ2) is 12.4. The molecule has 1 aliphatic heterocycles. The van der Waals surface area contributed by atoms with Gasteiger partial charge in [-0.3, -0.25) is 19.1 Å². The predicted octanol–water partition coefficient (Wildman–Crippen LogP) is 0.610. The molecule has 0 bridgehead atoms. The lowest BCUT2D eigenvalue weighted by atomic mass is 10.2. The lowest BCUT2D eigenvalue weighted by Gasteiger charge is -2.26. The van der Waals surface area contributed by atoms with Crippen LogP contribution >= 0.6 is 11.3 Å². The van der Waals surface area contributed by atoms with Gasteiger partial charge < -0.3 is 20.1 Å². The van der Waals surface area contributed by atoms with Gasteiger partial charge in [0.05, 0.1) is 13.2 Å². The number of hydrogen-bond acceptors (Lipinski definition) is 8. The summed E-state index contributed by atoms with van der Waals surface area (Å²) in [6.45, 7) is 11.1. The number of nitrogens with zero attached hydrogens (tertiary/aromatic N) is 3. The lowest BCUT2D eigenvalue weighted by Crippen LogP contribution is -2.38. The SMILES string of the molecule is CCNC(=O)C(C#N)=c1sc(=CNc2ccc(C)c(OCCN3CCOCC3)c2)c(=O)n1CC. The highest BCUT2D eigenvalue weighted by Crippen LogP contribution is 2.22. The summed E-state index contributed by atoms with van der Waals surface area (Å²) in [6, 6.07) is 7.72. The molecule has 0 saturated carbocycles. The van der Waals surface area contributed by atoms with Gasteiger partial charge in [0.1, 0.15) is 27.6 Å². The van der Waals surface area contributed by atoms with Crippen LogP contribution in [-0.4, -0.2) is 61.4 Å². The number of carbonyl (C=O) groups excluding carboxylic acids is 1. The Morgan fingerprint density at radius 3 is 2.76 bits per heavy atom. The number of rotatable bonds is 9. The first-order valence-electron chi connectivity index (χ1n) is 11.4. The van der Waals surface area contributed by atoms with Gasteiger partial charge in [-0.05, 0) is 32.4 Å². The van der Waals surface area contributed by atoms with Gasteiger partial charge in [-0.15, -0.1) is 11.3 Å². The summed E-state index contributed by atoms with van der Waals surface area (Å²) in [5.74, 6) is 0.297. The van der Waals surface area contributed by atoms with Gasteiger partial charge in [0, 0.05) is 50.7 Å². The molecule has 2 aromatic rings. The van der Waals surface area contributed by atoms with Crippen LogP contribution in [-0.2, 0) is 16.1 Å². The third kappa shape index (κ3) is 6.26. The third-order valence-corrected chi connectivity index (χ3v) is 6.57. The quantitative estimate of drug-likeness (QED) is 0.536. The normalized spacial score (nSPS) is 15.5. The molecule has 1 fully saturated rings. The van der Waals surface area contributed by atoms with E-state index in [0.29, 0.717) is 28.9 Å². The Labute approximate surface area is 202 Å². The summed E-state index contributed by atoms with van der Waals surface area (Å²) in [7, 11) is 0. The zero-order valence-electron chi connectivity index (χ0n) is 19.8. The monoisotopic (exact) mass is 485 g/mol. The van der Waals surface area contributed by atoms with Crippen molar-refractivity contribution in [1.29, 1.82) is 5.26 Å². The van der Waals surface area contributed by atoms with Crippen molar-refractivity contribution < 1.29 is 14.3 Å². The van der Waals surface area contributed by atoms with Crippen LogP contribution in [0, 0.1) is 18.3 Å². The number of aryl methyl sites for hydroxylation is 1. The van der Waals surface area contributed by atoms with Gasteiger partial charge in [0.15, 0.2) is 5.57 Å². The van der Waals surface area contributed by atoms with Gasteiger partial charge in [-0.25, -0.2) is 0 Å². The Kier molecular flexibility index (Phi) is 9.27. The van der Waals surface area contributed by atoms with Crippen molar-refractivity contribution in [1.82, 2.24) is 14.8 Å². The largest absolute Gasteiger partial charge is 0.492 e. The Morgan fingerprint density at radius 1 is 1.32 bits per heavy atom. The minimum absolute atomic E-state index is 0.0586. The molecule has 1 aromatic carbocycles. The van der Waals surface area contributed by atoms with E-state index in [1.54, 1.807) is 13.1 Å². The highest BCUT2D eigenvalue weighted by molar-refractivity contribution is 7.07. The number of ether oxygens (including phenoxy) is 2. The van der Waals surface area contributed by atoms with Crippen molar-refractivity contribution in [3.8, 4) is 11.8 Å². The summed E-state index contributed by atoms with van der Waals surface area (Å²) in [5, 5.41) is 15.3. The molecule has 1 aromatic heterocycles. The van der Waals surface area contributed by atoms with E-state index in [1.807, 2.05) is 38.1 Å². The number of nitrogens with one attached hydrogen (secondary N) is 2. The molecule has 3 rings (SSSR count). The topological polar surface area (TPSA) is 109 Å². The Bertz CT molecular complexity index is 1220. The number of amides is 1. The highest BCUT2D eigenvalue weighted by atomic mass is 32.1. The molecule has 0 spiro atoms. The Morgan fingerprint density at radius 2 is 2.09 bits per heavy atom. The van der Waals surface area contributed by atoms with E-state index in [0.717, 1.165) is 61.2 Å². The van der Waals surface area contributed by atoms with Gasteiger partial charge in [-0.2, -0.15) is 5.26 Å². The number of morpholine rings is 1. The minimum atomic E-state index is -0.481. The number of hydrogen-bond donors (Lipinski definition) is 2. The Balaban J connectivity index is 1.80. The van der Waals surface area contributed by atoms with Crippen molar-refractivity contribution in [3.63, 3.8) is 0 Å². The zero-order valence-corrected chi connectivity index (χ0v) is 20.7. The Hall–Kier alpha value is -3.13. The maximum Gasteiger partial charge on any atom is 0.270 e. The van der Waals surface area contributed by atoms with E-state index in [1.165, 1.54) is 4.57 Å². The number of aromatic nitrogens is 1. The molecule has 10 heteroatoms. The van der Waals surface area contributed by atoms with E-state index >= 15 is 0 Å².